The standard InChI is InChI=1S/C24H23NO4/c1-14-5-8-16(9-6-14)20-11-17-12-24(22(26)28-3,23(27)29-4)13-18-15(2)7-10-19(25-20)21(17)18/h5-11H,12-13H2,1-4H3. The van der Waals surface area contributed by atoms with Crippen LogP contribution in [0, 0.1) is 19.3 Å². The van der Waals surface area contributed by atoms with Crippen molar-refractivity contribution in [2.24, 2.45) is 5.41 Å². The van der Waals surface area contributed by atoms with Crippen LogP contribution in [0.25, 0.3) is 22.2 Å². The van der Waals surface area contributed by atoms with Crippen molar-refractivity contribution in [3.8, 4) is 11.3 Å². The number of aromatic nitrogens is 1. The van der Waals surface area contributed by atoms with E-state index in [1.165, 1.54) is 19.8 Å². The lowest BCUT2D eigenvalue weighted by Crippen LogP contribution is -2.46. The van der Waals surface area contributed by atoms with Gasteiger partial charge in [-0.05, 0) is 42.7 Å². The van der Waals surface area contributed by atoms with Gasteiger partial charge in [-0.15, -0.1) is 0 Å². The van der Waals surface area contributed by atoms with Gasteiger partial charge in [0.25, 0.3) is 0 Å². The van der Waals surface area contributed by atoms with Crippen molar-refractivity contribution >= 4 is 22.8 Å². The number of pyridine rings is 1. The van der Waals surface area contributed by atoms with E-state index in [-0.39, 0.29) is 12.8 Å². The zero-order chi connectivity index (χ0) is 20.8. The van der Waals surface area contributed by atoms with E-state index in [1.54, 1.807) is 0 Å². The van der Waals surface area contributed by atoms with Crippen molar-refractivity contribution < 1.29 is 19.1 Å². The Morgan fingerprint density at radius 2 is 1.59 bits per heavy atom. The molecular formula is C24H23NO4. The summed E-state index contributed by atoms with van der Waals surface area (Å²) < 4.78 is 10.1. The molecule has 0 N–H and O–H groups in total. The fraction of sp³-hybridized carbons (Fsp3) is 0.292. The SMILES string of the molecule is COC(=O)C1(C(=O)OC)Cc2cc(-c3ccc(C)cc3)nc3ccc(C)c(c23)C1. The van der Waals surface area contributed by atoms with Gasteiger partial charge in [-0.3, -0.25) is 9.59 Å². The lowest BCUT2D eigenvalue weighted by Gasteiger charge is -2.34. The Balaban J connectivity index is 1.97. The van der Waals surface area contributed by atoms with Crippen molar-refractivity contribution in [3.63, 3.8) is 0 Å². The highest BCUT2D eigenvalue weighted by molar-refractivity contribution is 6.04. The molecule has 0 fully saturated rings. The molecule has 0 spiro atoms. The smallest absolute Gasteiger partial charge is 0.323 e. The lowest BCUT2D eigenvalue weighted by atomic mass is 9.70. The predicted octanol–water partition coefficient (Wildman–Crippen LogP) is 3.95. The summed E-state index contributed by atoms with van der Waals surface area (Å²) in [5, 5.41) is 1.02. The second-order valence-corrected chi connectivity index (χ2v) is 7.71. The molecule has 0 bridgehead atoms. The molecule has 0 aliphatic heterocycles. The second kappa shape index (κ2) is 6.99. The monoisotopic (exact) mass is 389 g/mol. The molecular weight excluding hydrogens is 366 g/mol. The van der Waals surface area contributed by atoms with E-state index in [2.05, 4.69) is 0 Å². The van der Waals surface area contributed by atoms with E-state index >= 15 is 0 Å². The summed E-state index contributed by atoms with van der Waals surface area (Å²) in [4.78, 5) is 30.4. The number of carbonyl (C=O) groups is 2. The van der Waals surface area contributed by atoms with Crippen LogP contribution in [0.2, 0.25) is 0 Å². The molecule has 5 nitrogen and oxygen atoms in total. The second-order valence-electron chi connectivity index (χ2n) is 7.71. The molecule has 5 heteroatoms. The molecule has 2 aromatic carbocycles. The van der Waals surface area contributed by atoms with Crippen LogP contribution in [0.4, 0.5) is 0 Å². The summed E-state index contributed by atoms with van der Waals surface area (Å²) in [6.07, 6.45) is 0.467. The Bertz CT molecular complexity index is 1120. The number of benzene rings is 2. The van der Waals surface area contributed by atoms with Crippen LogP contribution in [0.3, 0.4) is 0 Å². The normalized spacial score (nSPS) is 14.5. The summed E-state index contributed by atoms with van der Waals surface area (Å²) in [7, 11) is 2.61. The molecule has 0 saturated heterocycles. The van der Waals surface area contributed by atoms with Gasteiger partial charge in [0.05, 0.1) is 25.4 Å². The Kier molecular flexibility index (Phi) is 4.61. The van der Waals surface area contributed by atoms with Crippen LogP contribution >= 0.6 is 0 Å². The average Bonchev–Trinajstić information content (AvgIpc) is 2.74. The van der Waals surface area contributed by atoms with Crippen molar-refractivity contribution in [3.05, 3.63) is 64.7 Å². The molecule has 0 amide bonds. The molecule has 1 aliphatic carbocycles. The van der Waals surface area contributed by atoms with Crippen molar-refractivity contribution in [2.75, 3.05) is 14.2 Å². The van der Waals surface area contributed by atoms with Gasteiger partial charge >= 0.3 is 11.9 Å². The van der Waals surface area contributed by atoms with Gasteiger partial charge in [0.2, 0.25) is 0 Å². The highest BCUT2D eigenvalue weighted by Gasteiger charge is 2.51. The topological polar surface area (TPSA) is 65.5 Å². The van der Waals surface area contributed by atoms with E-state index in [1.807, 2.05) is 56.3 Å². The first kappa shape index (κ1) is 19.1. The Morgan fingerprint density at radius 1 is 0.931 bits per heavy atom. The minimum Gasteiger partial charge on any atom is -0.468 e. The number of carbonyl (C=O) groups excluding carboxylic acids is 2. The summed E-state index contributed by atoms with van der Waals surface area (Å²) in [5.41, 5.74) is 5.32. The van der Waals surface area contributed by atoms with E-state index in [4.69, 9.17) is 14.5 Å². The summed E-state index contributed by atoms with van der Waals surface area (Å²) >= 11 is 0. The maximum absolute atomic E-state index is 12.8. The fourth-order valence-corrected chi connectivity index (χ4v) is 4.28. The maximum atomic E-state index is 12.8. The molecule has 1 aliphatic rings. The van der Waals surface area contributed by atoms with Gasteiger partial charge < -0.3 is 9.47 Å². The minimum absolute atomic E-state index is 0.223. The first-order valence-corrected chi connectivity index (χ1v) is 9.55. The number of methoxy groups -OCH3 is 2. The number of rotatable bonds is 3. The molecule has 0 saturated carbocycles. The first-order chi connectivity index (χ1) is 13.9. The molecule has 3 aromatic rings. The number of nitrogens with zero attached hydrogens (tertiary/aromatic N) is 1. The Morgan fingerprint density at radius 3 is 2.21 bits per heavy atom. The Hall–Kier alpha value is -3.21. The Labute approximate surface area is 169 Å². The summed E-state index contributed by atoms with van der Waals surface area (Å²) in [6, 6.07) is 14.1. The molecule has 1 heterocycles. The van der Waals surface area contributed by atoms with Crippen molar-refractivity contribution in [2.45, 2.75) is 26.7 Å². The number of hydrogen-bond acceptors (Lipinski definition) is 5. The average molecular weight is 389 g/mol. The molecule has 1 aromatic heterocycles. The van der Waals surface area contributed by atoms with Gasteiger partial charge in [0.1, 0.15) is 0 Å². The quantitative estimate of drug-likeness (QED) is 0.501. The number of ether oxygens (including phenoxy) is 2. The van der Waals surface area contributed by atoms with Gasteiger partial charge in [-0.25, -0.2) is 4.98 Å². The third kappa shape index (κ3) is 2.97. The fourth-order valence-electron chi connectivity index (χ4n) is 4.28. The number of esters is 2. The zero-order valence-corrected chi connectivity index (χ0v) is 17.0. The van der Waals surface area contributed by atoms with Crippen LogP contribution in [0.15, 0.2) is 42.5 Å². The molecule has 0 atom stereocenters. The number of hydrogen-bond donors (Lipinski definition) is 0. The van der Waals surface area contributed by atoms with Gasteiger partial charge in [-0.2, -0.15) is 0 Å². The van der Waals surface area contributed by atoms with E-state index in [9.17, 15) is 9.59 Å². The van der Waals surface area contributed by atoms with E-state index in [0.29, 0.717) is 0 Å². The molecule has 29 heavy (non-hydrogen) atoms. The zero-order valence-electron chi connectivity index (χ0n) is 17.0. The molecule has 148 valence electrons. The van der Waals surface area contributed by atoms with Gasteiger partial charge in [-0.1, -0.05) is 35.9 Å². The summed E-state index contributed by atoms with van der Waals surface area (Å²) in [5.74, 6) is -1.14. The lowest BCUT2D eigenvalue weighted by molar-refractivity contribution is -0.169. The van der Waals surface area contributed by atoms with Gasteiger partial charge in [0, 0.05) is 23.8 Å². The van der Waals surface area contributed by atoms with Crippen LogP contribution in [-0.4, -0.2) is 31.1 Å². The summed E-state index contributed by atoms with van der Waals surface area (Å²) in [6.45, 7) is 4.02. The van der Waals surface area contributed by atoms with Crippen molar-refractivity contribution in [1.29, 1.82) is 0 Å². The highest BCUT2D eigenvalue weighted by atomic mass is 16.5. The van der Waals surface area contributed by atoms with Crippen LogP contribution in [-0.2, 0) is 31.9 Å². The van der Waals surface area contributed by atoms with Gasteiger partial charge in [0.15, 0.2) is 5.41 Å². The predicted molar refractivity (Wildman–Crippen MR) is 111 cm³/mol. The van der Waals surface area contributed by atoms with Crippen LogP contribution in [0.1, 0.15) is 22.3 Å². The third-order valence-corrected chi connectivity index (χ3v) is 5.87. The number of aryl methyl sites for hydroxylation is 2. The largest absolute Gasteiger partial charge is 0.468 e. The molecule has 0 unspecified atom stereocenters. The highest BCUT2D eigenvalue weighted by Crippen LogP contribution is 2.42. The van der Waals surface area contributed by atoms with Crippen LogP contribution < -0.4 is 0 Å². The molecule has 0 radical (unpaired) electrons. The van der Waals surface area contributed by atoms with E-state index < -0.39 is 17.4 Å². The first-order valence-electron chi connectivity index (χ1n) is 9.55. The van der Waals surface area contributed by atoms with E-state index in [0.717, 1.165) is 38.9 Å². The molecule has 4 rings (SSSR count). The van der Waals surface area contributed by atoms with Crippen LogP contribution in [0.5, 0.6) is 0 Å². The minimum atomic E-state index is -1.39. The van der Waals surface area contributed by atoms with Crippen molar-refractivity contribution in [1.82, 2.24) is 4.98 Å². The maximum Gasteiger partial charge on any atom is 0.323 e. The third-order valence-electron chi connectivity index (χ3n) is 5.87.